The Morgan fingerprint density at radius 3 is 1.80 bits per heavy atom. The van der Waals surface area contributed by atoms with E-state index in [9.17, 15) is 0 Å². The van der Waals surface area contributed by atoms with Crippen LogP contribution < -0.4 is 0 Å². The van der Waals surface area contributed by atoms with Crippen LogP contribution in [-0.2, 0) is 4.79 Å². The molecule has 0 aliphatic carbocycles. The van der Waals surface area contributed by atoms with Gasteiger partial charge in [-0.1, -0.05) is 0 Å². The molecule has 0 rings (SSSR count). The fourth-order valence-corrected chi connectivity index (χ4v) is 0. The average molecular weight is 85.0 g/mol. The van der Waals surface area contributed by atoms with Crippen LogP contribution in [0.4, 0.5) is 0 Å². The number of carboxylic acid groups (broad SMARTS) is 1. The number of hydrogen-bond acceptors (Lipinski definition) is 1. The monoisotopic (exact) mass is 85.0 g/mol. The first-order valence-electron chi connectivity index (χ1n) is 0.928. The van der Waals surface area contributed by atoms with E-state index in [4.69, 9.17) is 9.90 Å². The van der Waals surface area contributed by atoms with Gasteiger partial charge in [0.1, 0.15) is 0 Å². The summed E-state index contributed by atoms with van der Waals surface area (Å²) in [6.07, 6.45) is 0. The maximum Gasteiger partial charge on any atom is 0.300 e. The molecule has 0 amide bonds. The van der Waals surface area contributed by atoms with Gasteiger partial charge in [0.05, 0.1) is 0 Å². The van der Waals surface area contributed by atoms with Crippen molar-refractivity contribution >= 4 is 35.5 Å². The number of hydrogen-bond donors (Lipinski definition) is 1. The van der Waals surface area contributed by atoms with Crippen LogP contribution >= 0.6 is 0 Å². The zero-order valence-corrected chi connectivity index (χ0v) is 5.36. The van der Waals surface area contributed by atoms with Crippen molar-refractivity contribution in [3.8, 4) is 0 Å². The quantitative estimate of drug-likeness (QED) is 0.324. The maximum absolute atomic E-state index is 9.00. The average Bonchev–Trinajstić information content (AvgIpc) is 0.811. The third kappa shape index (κ3) is 123. The summed E-state index contributed by atoms with van der Waals surface area (Å²) < 4.78 is 0. The third-order valence-corrected chi connectivity index (χ3v) is 0. The van der Waals surface area contributed by atoms with E-state index in [-0.39, 0.29) is 29.6 Å². The van der Waals surface area contributed by atoms with Crippen molar-refractivity contribution in [2.75, 3.05) is 0 Å². The third-order valence-electron chi connectivity index (χ3n) is 0. The molecule has 0 spiro atoms. The van der Waals surface area contributed by atoms with E-state index in [1.165, 1.54) is 0 Å². The molecule has 0 aromatic heterocycles. The van der Waals surface area contributed by atoms with Gasteiger partial charge in [-0.05, 0) is 0 Å². The summed E-state index contributed by atoms with van der Waals surface area (Å²) in [7, 11) is 0. The van der Waals surface area contributed by atoms with Crippen LogP contribution in [0.3, 0.4) is 0 Å². The first-order valence-corrected chi connectivity index (χ1v) is 0.928. The molecule has 0 saturated heterocycles. The number of aliphatic carboxylic acids is 1. The zero-order valence-electron chi connectivity index (χ0n) is 3.36. The molecular weight excluding hydrogens is 81.0 g/mol. The Balaban J connectivity index is 0. The van der Waals surface area contributed by atoms with E-state index < -0.39 is 5.97 Å². The molecule has 5 heavy (non-hydrogen) atoms. The molecule has 0 aromatic rings. The largest absolute Gasteiger partial charge is 0.481 e. The Labute approximate surface area is 52.5 Å². The fourth-order valence-electron chi connectivity index (χ4n) is 0. The zero-order chi connectivity index (χ0) is 3.58. The molecule has 0 heterocycles. The van der Waals surface area contributed by atoms with E-state index in [2.05, 4.69) is 0 Å². The summed E-state index contributed by atoms with van der Waals surface area (Å²) in [5, 5.41) is 7.42. The first-order chi connectivity index (χ1) is 1.73. The van der Waals surface area contributed by atoms with Gasteiger partial charge in [-0.2, -0.15) is 0 Å². The van der Waals surface area contributed by atoms with E-state index in [0.717, 1.165) is 6.92 Å². The molecule has 1 radical (unpaired) electrons. The number of carboxylic acids is 1. The Bertz CT molecular complexity index is 30.6. The molecule has 0 aromatic carbocycles. The Kier molecular flexibility index (Phi) is 8.11. The van der Waals surface area contributed by atoms with Crippen molar-refractivity contribution in [2.45, 2.75) is 6.92 Å². The van der Waals surface area contributed by atoms with Crippen LogP contribution in [0, 0.1) is 0 Å². The van der Waals surface area contributed by atoms with Gasteiger partial charge >= 0.3 is 0 Å². The first kappa shape index (κ1) is 9.08. The normalized spacial score (nSPS) is 5.00. The Morgan fingerprint density at radius 2 is 1.80 bits per heavy atom. The molecular formula is C2H4NaO2. The van der Waals surface area contributed by atoms with Gasteiger partial charge in [0.2, 0.25) is 0 Å². The van der Waals surface area contributed by atoms with Crippen molar-refractivity contribution in [3.63, 3.8) is 0 Å². The standard InChI is InChI=1S/C2H4O2.Na/c1-2(3)4;/h1H3,(H,3,4);/i1+1,2+1;. The van der Waals surface area contributed by atoms with Crippen LogP contribution in [0.1, 0.15) is 6.92 Å². The topological polar surface area (TPSA) is 37.3 Å². The van der Waals surface area contributed by atoms with Crippen LogP contribution in [0.25, 0.3) is 0 Å². The van der Waals surface area contributed by atoms with Crippen LogP contribution in [0.2, 0.25) is 0 Å². The summed E-state index contributed by atoms with van der Waals surface area (Å²) in [5.74, 6) is -0.833. The van der Waals surface area contributed by atoms with Gasteiger partial charge in [0, 0.05) is 36.5 Å². The van der Waals surface area contributed by atoms with Gasteiger partial charge in [0.25, 0.3) is 5.97 Å². The van der Waals surface area contributed by atoms with E-state index >= 15 is 0 Å². The molecule has 25 valence electrons. The van der Waals surface area contributed by atoms with Crippen molar-refractivity contribution < 1.29 is 9.90 Å². The van der Waals surface area contributed by atoms with Crippen molar-refractivity contribution in [1.82, 2.24) is 0 Å². The molecule has 0 fully saturated rings. The molecule has 0 atom stereocenters. The molecule has 0 saturated carbocycles. The van der Waals surface area contributed by atoms with Gasteiger partial charge in [0.15, 0.2) is 0 Å². The molecule has 0 aliphatic rings. The molecule has 1 N–H and O–H groups in total. The Morgan fingerprint density at radius 1 is 1.80 bits per heavy atom. The molecule has 2 nitrogen and oxygen atoms in total. The number of carbonyl (C=O) groups is 1. The second kappa shape index (κ2) is 4.47. The van der Waals surface area contributed by atoms with Gasteiger partial charge in [-0.25, -0.2) is 0 Å². The minimum absolute atomic E-state index is 0. The summed E-state index contributed by atoms with van der Waals surface area (Å²) >= 11 is 0. The summed E-state index contributed by atoms with van der Waals surface area (Å²) in [6.45, 7) is 1.08. The summed E-state index contributed by atoms with van der Waals surface area (Å²) in [6, 6.07) is 0. The molecule has 0 aliphatic heterocycles. The van der Waals surface area contributed by atoms with Crippen molar-refractivity contribution in [3.05, 3.63) is 0 Å². The van der Waals surface area contributed by atoms with Crippen LogP contribution in [0.15, 0.2) is 0 Å². The smallest absolute Gasteiger partial charge is 0.300 e. The minimum atomic E-state index is -0.833. The van der Waals surface area contributed by atoms with Crippen molar-refractivity contribution in [2.24, 2.45) is 0 Å². The second-order valence-corrected chi connectivity index (χ2v) is 0.519. The van der Waals surface area contributed by atoms with E-state index in [0.29, 0.717) is 0 Å². The number of rotatable bonds is 0. The second-order valence-electron chi connectivity index (χ2n) is 0.519. The minimum Gasteiger partial charge on any atom is -0.481 e. The predicted molar refractivity (Wildman–Crippen MR) is 19.1 cm³/mol. The van der Waals surface area contributed by atoms with Gasteiger partial charge in [-0.15, -0.1) is 0 Å². The molecule has 3 heteroatoms. The van der Waals surface area contributed by atoms with Crippen molar-refractivity contribution in [1.29, 1.82) is 0 Å². The molecule has 0 bridgehead atoms. The van der Waals surface area contributed by atoms with E-state index in [1.807, 2.05) is 0 Å². The molecule has 0 unspecified atom stereocenters. The van der Waals surface area contributed by atoms with Gasteiger partial charge < -0.3 is 5.11 Å². The fraction of sp³-hybridized carbons (Fsp3) is 0.500. The Hall–Kier alpha value is 0.470. The maximum atomic E-state index is 9.00. The predicted octanol–water partition coefficient (Wildman–Crippen LogP) is -0.290. The van der Waals surface area contributed by atoms with Crippen LogP contribution in [0.5, 0.6) is 0 Å². The summed E-state index contributed by atoms with van der Waals surface area (Å²) in [4.78, 5) is 9.00. The summed E-state index contributed by atoms with van der Waals surface area (Å²) in [5.41, 5.74) is 0. The van der Waals surface area contributed by atoms with Gasteiger partial charge in [-0.3, -0.25) is 4.79 Å². The van der Waals surface area contributed by atoms with E-state index in [1.54, 1.807) is 0 Å². The van der Waals surface area contributed by atoms with Crippen LogP contribution in [-0.4, -0.2) is 40.6 Å². The SMILES string of the molecule is [13CH3][13C](=O)O.[Na].